The van der Waals surface area contributed by atoms with E-state index in [1.807, 2.05) is 7.05 Å². The van der Waals surface area contributed by atoms with Crippen LogP contribution in [-0.2, 0) is 0 Å². The fraction of sp³-hybridized carbons (Fsp3) is 0.615. The maximum atomic E-state index is 4.57. The molecule has 0 spiro atoms. The summed E-state index contributed by atoms with van der Waals surface area (Å²) in [5.74, 6) is 0.960. The van der Waals surface area contributed by atoms with Gasteiger partial charge in [0.15, 0.2) is 0 Å². The molecule has 0 saturated carbocycles. The summed E-state index contributed by atoms with van der Waals surface area (Å²) in [6, 6.07) is 4.89. The van der Waals surface area contributed by atoms with Crippen molar-refractivity contribution in [1.82, 2.24) is 9.88 Å². The molecule has 1 atom stereocenters. The topological polar surface area (TPSA) is 28.2 Å². The Balaban J connectivity index is 2.26. The molecule has 2 rings (SSSR count). The van der Waals surface area contributed by atoms with Crippen LogP contribution in [0.3, 0.4) is 0 Å². The van der Waals surface area contributed by atoms with E-state index in [1.54, 1.807) is 0 Å². The number of hydrogen-bond donors (Lipinski definition) is 1. The number of hydrogen-bond acceptors (Lipinski definition) is 3. The van der Waals surface area contributed by atoms with Gasteiger partial charge in [-0.1, -0.05) is 13.0 Å². The van der Waals surface area contributed by atoms with E-state index in [2.05, 4.69) is 41.2 Å². The molecule has 3 nitrogen and oxygen atoms in total. The van der Waals surface area contributed by atoms with Gasteiger partial charge in [0.1, 0.15) is 5.82 Å². The molecule has 88 valence electrons. The van der Waals surface area contributed by atoms with E-state index >= 15 is 0 Å². The lowest BCUT2D eigenvalue weighted by Crippen LogP contribution is -2.23. The predicted molar refractivity (Wildman–Crippen MR) is 67.7 cm³/mol. The molecular formula is C13H21N3. The van der Waals surface area contributed by atoms with Gasteiger partial charge >= 0.3 is 0 Å². The van der Waals surface area contributed by atoms with Crippen LogP contribution in [0, 0.1) is 6.92 Å². The van der Waals surface area contributed by atoms with Crippen LogP contribution in [0.25, 0.3) is 0 Å². The second kappa shape index (κ2) is 4.83. The zero-order valence-electron chi connectivity index (χ0n) is 10.5. The van der Waals surface area contributed by atoms with Gasteiger partial charge in [-0.3, -0.25) is 4.90 Å². The maximum Gasteiger partial charge on any atom is 0.125 e. The average molecular weight is 219 g/mol. The molecule has 1 aromatic rings. The second-order valence-electron chi connectivity index (χ2n) is 4.41. The maximum absolute atomic E-state index is 4.57. The van der Waals surface area contributed by atoms with Crippen molar-refractivity contribution in [3.8, 4) is 0 Å². The van der Waals surface area contributed by atoms with Gasteiger partial charge in [0.25, 0.3) is 0 Å². The van der Waals surface area contributed by atoms with Gasteiger partial charge in [0.2, 0.25) is 0 Å². The van der Waals surface area contributed by atoms with Crippen LogP contribution in [0.5, 0.6) is 0 Å². The minimum atomic E-state index is 0.586. The molecule has 1 aliphatic heterocycles. The third kappa shape index (κ3) is 2.05. The summed E-state index contributed by atoms with van der Waals surface area (Å²) >= 11 is 0. The van der Waals surface area contributed by atoms with Crippen LogP contribution in [0.1, 0.15) is 37.1 Å². The molecule has 1 aliphatic rings. The SMILES string of the molecule is CCN1CCC[C@H]1c1ccc(NC)nc1C. The first kappa shape index (κ1) is 11.4. The minimum absolute atomic E-state index is 0.586. The molecule has 0 unspecified atom stereocenters. The zero-order valence-corrected chi connectivity index (χ0v) is 10.5. The van der Waals surface area contributed by atoms with Crippen molar-refractivity contribution in [3.63, 3.8) is 0 Å². The fourth-order valence-electron chi connectivity index (χ4n) is 2.62. The number of likely N-dealkylation sites (tertiary alicyclic amines) is 1. The highest BCUT2D eigenvalue weighted by Gasteiger charge is 2.25. The Morgan fingerprint density at radius 3 is 2.94 bits per heavy atom. The molecule has 1 aromatic heterocycles. The Morgan fingerprint density at radius 2 is 2.31 bits per heavy atom. The lowest BCUT2D eigenvalue weighted by atomic mass is 10.0. The Hall–Kier alpha value is -1.09. The van der Waals surface area contributed by atoms with Crippen LogP contribution in [0.4, 0.5) is 5.82 Å². The normalized spacial score (nSPS) is 21.3. The Kier molecular flexibility index (Phi) is 3.44. The number of pyridine rings is 1. The third-order valence-electron chi connectivity index (χ3n) is 3.51. The van der Waals surface area contributed by atoms with Gasteiger partial charge < -0.3 is 5.32 Å². The van der Waals surface area contributed by atoms with Gasteiger partial charge in [-0.2, -0.15) is 0 Å². The predicted octanol–water partition coefficient (Wildman–Crippen LogP) is 2.59. The highest BCUT2D eigenvalue weighted by molar-refractivity contribution is 5.39. The van der Waals surface area contributed by atoms with Crippen molar-refractivity contribution in [2.75, 3.05) is 25.5 Å². The smallest absolute Gasteiger partial charge is 0.125 e. The molecule has 16 heavy (non-hydrogen) atoms. The van der Waals surface area contributed by atoms with E-state index in [9.17, 15) is 0 Å². The van der Waals surface area contributed by atoms with E-state index in [4.69, 9.17) is 0 Å². The van der Waals surface area contributed by atoms with Crippen LogP contribution in [-0.4, -0.2) is 30.0 Å². The Morgan fingerprint density at radius 1 is 1.50 bits per heavy atom. The quantitative estimate of drug-likeness (QED) is 0.847. The molecule has 1 saturated heterocycles. The van der Waals surface area contributed by atoms with E-state index in [1.165, 1.54) is 24.9 Å². The fourth-order valence-corrected chi connectivity index (χ4v) is 2.62. The molecule has 0 bridgehead atoms. The number of nitrogens with one attached hydrogen (secondary N) is 1. The Labute approximate surface area is 97.9 Å². The summed E-state index contributed by atoms with van der Waals surface area (Å²) < 4.78 is 0. The van der Waals surface area contributed by atoms with Crippen LogP contribution >= 0.6 is 0 Å². The zero-order chi connectivity index (χ0) is 11.5. The molecule has 3 heteroatoms. The highest BCUT2D eigenvalue weighted by Crippen LogP contribution is 2.33. The van der Waals surface area contributed by atoms with Crippen molar-refractivity contribution in [1.29, 1.82) is 0 Å². The first-order chi connectivity index (χ1) is 7.76. The van der Waals surface area contributed by atoms with E-state index in [0.717, 1.165) is 18.1 Å². The van der Waals surface area contributed by atoms with Gasteiger partial charge in [-0.15, -0.1) is 0 Å². The molecule has 0 aliphatic carbocycles. The largest absolute Gasteiger partial charge is 0.373 e. The summed E-state index contributed by atoms with van der Waals surface area (Å²) in [7, 11) is 1.91. The summed E-state index contributed by atoms with van der Waals surface area (Å²) in [6.45, 7) is 6.72. The van der Waals surface area contributed by atoms with Crippen molar-refractivity contribution >= 4 is 5.82 Å². The number of anilines is 1. The summed E-state index contributed by atoms with van der Waals surface area (Å²) in [5, 5.41) is 3.09. The molecule has 0 aromatic carbocycles. The third-order valence-corrected chi connectivity index (χ3v) is 3.51. The minimum Gasteiger partial charge on any atom is -0.373 e. The van der Waals surface area contributed by atoms with Crippen molar-refractivity contribution < 1.29 is 0 Å². The number of nitrogens with zero attached hydrogens (tertiary/aromatic N) is 2. The van der Waals surface area contributed by atoms with Crippen LogP contribution in [0.15, 0.2) is 12.1 Å². The lowest BCUT2D eigenvalue weighted by molar-refractivity contribution is 0.270. The number of aromatic nitrogens is 1. The average Bonchev–Trinajstić information content (AvgIpc) is 2.76. The molecule has 2 heterocycles. The van der Waals surface area contributed by atoms with Gasteiger partial charge in [-0.05, 0) is 44.5 Å². The molecule has 0 radical (unpaired) electrons. The summed E-state index contributed by atoms with van der Waals surface area (Å²) in [5.41, 5.74) is 2.57. The van der Waals surface area contributed by atoms with Crippen LogP contribution in [0.2, 0.25) is 0 Å². The van der Waals surface area contributed by atoms with E-state index in [0.29, 0.717) is 6.04 Å². The van der Waals surface area contributed by atoms with Gasteiger partial charge in [-0.25, -0.2) is 4.98 Å². The van der Waals surface area contributed by atoms with Gasteiger partial charge in [0, 0.05) is 18.8 Å². The summed E-state index contributed by atoms with van der Waals surface area (Å²) in [6.07, 6.45) is 2.58. The van der Waals surface area contributed by atoms with Gasteiger partial charge in [0.05, 0.1) is 0 Å². The lowest BCUT2D eigenvalue weighted by Gasteiger charge is -2.24. The second-order valence-corrected chi connectivity index (χ2v) is 4.41. The van der Waals surface area contributed by atoms with E-state index in [-0.39, 0.29) is 0 Å². The standard InChI is InChI=1S/C13H21N3/c1-4-16-9-5-6-12(16)11-7-8-13(14-3)15-10(11)2/h7-8,12H,4-6,9H2,1-3H3,(H,14,15)/t12-/m0/s1. The van der Waals surface area contributed by atoms with Crippen LogP contribution < -0.4 is 5.32 Å². The first-order valence-corrected chi connectivity index (χ1v) is 6.15. The molecule has 1 N–H and O–H groups in total. The summed E-state index contributed by atoms with van der Waals surface area (Å²) in [4.78, 5) is 7.11. The van der Waals surface area contributed by atoms with E-state index < -0.39 is 0 Å². The number of aryl methyl sites for hydroxylation is 1. The van der Waals surface area contributed by atoms with Crippen molar-refractivity contribution in [2.45, 2.75) is 32.7 Å². The first-order valence-electron chi connectivity index (χ1n) is 6.15. The number of rotatable bonds is 3. The molecule has 1 fully saturated rings. The molecule has 0 amide bonds. The molecular weight excluding hydrogens is 198 g/mol. The monoisotopic (exact) mass is 219 g/mol. The highest BCUT2D eigenvalue weighted by atomic mass is 15.2. The van der Waals surface area contributed by atoms with Crippen molar-refractivity contribution in [2.24, 2.45) is 0 Å². The Bertz CT molecular complexity index is 362. The van der Waals surface area contributed by atoms with Crippen molar-refractivity contribution in [3.05, 3.63) is 23.4 Å².